The molecule has 0 fully saturated rings. The van der Waals surface area contributed by atoms with E-state index in [1.807, 2.05) is 12.1 Å². The van der Waals surface area contributed by atoms with E-state index >= 15 is 0 Å². The Morgan fingerprint density at radius 3 is 3.08 bits per heavy atom. The summed E-state index contributed by atoms with van der Waals surface area (Å²) in [6, 6.07) is 3.81. The van der Waals surface area contributed by atoms with Crippen LogP contribution < -0.4 is 4.74 Å². The number of aromatic nitrogens is 1. The molecule has 1 aliphatic rings. The zero-order chi connectivity index (χ0) is 8.55. The fourth-order valence-electron chi connectivity index (χ4n) is 1.17. The van der Waals surface area contributed by atoms with Gasteiger partial charge in [0.15, 0.2) is 0 Å². The molecule has 2 rings (SSSR count). The van der Waals surface area contributed by atoms with Crippen molar-refractivity contribution in [1.29, 1.82) is 0 Å². The van der Waals surface area contributed by atoms with Crippen LogP contribution in [0.2, 0.25) is 0 Å². The molecular formula is C10H9NO. The van der Waals surface area contributed by atoms with Gasteiger partial charge in [0.25, 0.3) is 0 Å². The van der Waals surface area contributed by atoms with Crippen LogP contribution in [0.4, 0.5) is 0 Å². The Hall–Kier alpha value is -1.57. The lowest BCUT2D eigenvalue weighted by atomic mass is 10.0. The van der Waals surface area contributed by atoms with Gasteiger partial charge in [-0.2, -0.15) is 0 Å². The van der Waals surface area contributed by atoms with Gasteiger partial charge in [-0.3, -0.25) is 0 Å². The van der Waals surface area contributed by atoms with Crippen LogP contribution in [-0.4, -0.2) is 11.6 Å². The smallest absolute Gasteiger partial charge is 0.221 e. The monoisotopic (exact) mass is 159 g/mol. The Bertz CT molecular complexity index is 355. The molecular weight excluding hydrogens is 150 g/mol. The van der Waals surface area contributed by atoms with Gasteiger partial charge in [-0.15, -0.1) is 0 Å². The first-order chi connectivity index (χ1) is 5.79. The molecule has 1 aromatic heterocycles. The van der Waals surface area contributed by atoms with Crippen LogP contribution in [0, 0.1) is 0 Å². The first-order valence-corrected chi connectivity index (χ1v) is 3.74. The van der Waals surface area contributed by atoms with Crippen molar-refractivity contribution in [3.63, 3.8) is 0 Å². The Morgan fingerprint density at radius 1 is 1.42 bits per heavy atom. The molecule has 0 N–H and O–H groups in total. The second-order valence-corrected chi connectivity index (χ2v) is 2.73. The fraction of sp³-hybridized carbons (Fsp3) is 0.100. The lowest BCUT2D eigenvalue weighted by Gasteiger charge is -2.19. The normalized spacial score (nSPS) is 15.3. The van der Waals surface area contributed by atoms with E-state index < -0.39 is 0 Å². The third-order valence-corrected chi connectivity index (χ3v) is 1.91. The summed E-state index contributed by atoms with van der Waals surface area (Å²) in [6.45, 7) is 8.26. The highest BCUT2D eigenvalue weighted by atomic mass is 16.5. The minimum Gasteiger partial charge on any atom is -0.472 e. The number of hydrogen-bond acceptors (Lipinski definition) is 2. The number of pyridine rings is 1. The molecule has 0 saturated heterocycles. The average molecular weight is 159 g/mol. The van der Waals surface area contributed by atoms with Gasteiger partial charge in [-0.1, -0.05) is 13.2 Å². The fourth-order valence-corrected chi connectivity index (χ4v) is 1.17. The van der Waals surface area contributed by atoms with E-state index in [0.717, 1.165) is 16.7 Å². The lowest BCUT2D eigenvalue weighted by Crippen LogP contribution is -2.10. The molecule has 0 atom stereocenters. The maximum Gasteiger partial charge on any atom is 0.221 e. The van der Waals surface area contributed by atoms with Gasteiger partial charge in [-0.25, -0.2) is 4.98 Å². The number of nitrogens with zero attached hydrogens (tertiary/aromatic N) is 1. The van der Waals surface area contributed by atoms with Gasteiger partial charge in [0.1, 0.15) is 6.61 Å². The molecule has 2 nitrogen and oxygen atoms in total. The molecule has 2 heterocycles. The third-order valence-electron chi connectivity index (χ3n) is 1.91. The maximum absolute atomic E-state index is 5.33. The molecule has 1 aromatic rings. The predicted octanol–water partition coefficient (Wildman–Crippen LogP) is 2.04. The highest BCUT2D eigenvalue weighted by Gasteiger charge is 2.16. The quantitative estimate of drug-likeness (QED) is 0.578. The van der Waals surface area contributed by atoms with Crippen LogP contribution in [0.1, 0.15) is 5.56 Å². The van der Waals surface area contributed by atoms with E-state index in [-0.39, 0.29) is 0 Å². The minimum atomic E-state index is 0.503. The maximum atomic E-state index is 5.33. The minimum absolute atomic E-state index is 0.503. The van der Waals surface area contributed by atoms with E-state index in [1.165, 1.54) is 0 Å². The molecule has 0 aliphatic carbocycles. The van der Waals surface area contributed by atoms with Crippen molar-refractivity contribution in [3.05, 3.63) is 42.6 Å². The van der Waals surface area contributed by atoms with Gasteiger partial charge in [0, 0.05) is 11.8 Å². The van der Waals surface area contributed by atoms with Crippen LogP contribution in [0.15, 0.2) is 37.1 Å². The summed E-state index contributed by atoms with van der Waals surface area (Å²) in [6.07, 6.45) is 1.71. The molecule has 0 amide bonds. The zero-order valence-electron chi connectivity index (χ0n) is 6.71. The lowest BCUT2D eigenvalue weighted by molar-refractivity contribution is 0.335. The summed E-state index contributed by atoms with van der Waals surface area (Å²) in [5.41, 5.74) is 2.81. The Morgan fingerprint density at radius 2 is 2.25 bits per heavy atom. The van der Waals surface area contributed by atoms with Gasteiger partial charge in [0.2, 0.25) is 5.88 Å². The molecule has 0 aromatic carbocycles. The average Bonchev–Trinajstić information content (AvgIpc) is 2.12. The predicted molar refractivity (Wildman–Crippen MR) is 47.9 cm³/mol. The van der Waals surface area contributed by atoms with Crippen molar-refractivity contribution >= 4 is 5.57 Å². The summed E-state index contributed by atoms with van der Waals surface area (Å²) in [5.74, 6) is 0.662. The summed E-state index contributed by atoms with van der Waals surface area (Å²) in [7, 11) is 0. The largest absolute Gasteiger partial charge is 0.472 e. The van der Waals surface area contributed by atoms with Crippen LogP contribution in [-0.2, 0) is 0 Å². The Labute approximate surface area is 71.2 Å². The first-order valence-electron chi connectivity index (χ1n) is 3.74. The van der Waals surface area contributed by atoms with E-state index in [0.29, 0.717) is 12.5 Å². The SMILES string of the molecule is C=C1COc2ncccc2C1=C. The zero-order valence-corrected chi connectivity index (χ0v) is 6.71. The molecule has 0 saturated carbocycles. The number of ether oxygens (including phenoxy) is 1. The van der Waals surface area contributed by atoms with E-state index in [1.54, 1.807) is 6.20 Å². The molecule has 60 valence electrons. The van der Waals surface area contributed by atoms with Crippen LogP contribution in [0.25, 0.3) is 5.57 Å². The summed E-state index contributed by atoms with van der Waals surface area (Å²) in [4.78, 5) is 4.08. The van der Waals surface area contributed by atoms with E-state index in [4.69, 9.17) is 4.74 Å². The van der Waals surface area contributed by atoms with E-state index in [9.17, 15) is 0 Å². The van der Waals surface area contributed by atoms with Gasteiger partial charge in [0.05, 0.1) is 0 Å². The molecule has 0 spiro atoms. The molecule has 0 radical (unpaired) electrons. The summed E-state index contributed by atoms with van der Waals surface area (Å²) >= 11 is 0. The van der Waals surface area contributed by atoms with Crippen LogP contribution >= 0.6 is 0 Å². The van der Waals surface area contributed by atoms with Crippen molar-refractivity contribution in [2.75, 3.05) is 6.61 Å². The van der Waals surface area contributed by atoms with Crippen LogP contribution in [0.5, 0.6) is 5.88 Å². The highest BCUT2D eigenvalue weighted by Crippen LogP contribution is 2.31. The van der Waals surface area contributed by atoms with Crippen molar-refractivity contribution in [2.24, 2.45) is 0 Å². The number of hydrogen-bond donors (Lipinski definition) is 0. The standard InChI is InChI=1S/C10H9NO/c1-7-6-12-10-9(8(7)2)4-3-5-11-10/h3-5H,1-2,6H2. The number of rotatable bonds is 0. The molecule has 0 unspecified atom stereocenters. The molecule has 12 heavy (non-hydrogen) atoms. The number of fused-ring (bicyclic) bond motifs is 1. The summed E-state index contributed by atoms with van der Waals surface area (Å²) in [5, 5.41) is 0. The Balaban J connectivity index is 2.56. The molecule has 1 aliphatic heterocycles. The van der Waals surface area contributed by atoms with Crippen molar-refractivity contribution < 1.29 is 4.74 Å². The Kier molecular flexibility index (Phi) is 1.47. The molecule has 2 heteroatoms. The summed E-state index contributed by atoms with van der Waals surface area (Å²) < 4.78 is 5.33. The second kappa shape index (κ2) is 2.48. The highest BCUT2D eigenvalue weighted by molar-refractivity contribution is 5.80. The van der Waals surface area contributed by atoms with Crippen molar-refractivity contribution in [3.8, 4) is 5.88 Å². The molecule has 0 bridgehead atoms. The van der Waals surface area contributed by atoms with Gasteiger partial charge >= 0.3 is 0 Å². The van der Waals surface area contributed by atoms with Gasteiger partial charge < -0.3 is 4.74 Å². The third kappa shape index (κ3) is 0.925. The topological polar surface area (TPSA) is 22.1 Å². The van der Waals surface area contributed by atoms with Crippen LogP contribution in [0.3, 0.4) is 0 Å². The van der Waals surface area contributed by atoms with Crippen molar-refractivity contribution in [1.82, 2.24) is 4.98 Å². The van der Waals surface area contributed by atoms with E-state index in [2.05, 4.69) is 18.1 Å². The van der Waals surface area contributed by atoms with Gasteiger partial charge in [-0.05, 0) is 23.3 Å². The first kappa shape index (κ1) is 7.10. The second-order valence-electron chi connectivity index (χ2n) is 2.73. The van der Waals surface area contributed by atoms with Crippen molar-refractivity contribution in [2.45, 2.75) is 0 Å².